The van der Waals surface area contributed by atoms with E-state index in [0.29, 0.717) is 0 Å². The number of benzene rings is 1. The van der Waals surface area contributed by atoms with E-state index in [2.05, 4.69) is 0 Å². The van der Waals surface area contributed by atoms with Gasteiger partial charge in [-0.05, 0) is 12.5 Å². The van der Waals surface area contributed by atoms with E-state index in [1.54, 1.807) is 0 Å². The van der Waals surface area contributed by atoms with Crippen LogP contribution in [0.3, 0.4) is 0 Å². The average molecular weight is 266 g/mol. The second-order valence-electron chi connectivity index (χ2n) is 3.30. The van der Waals surface area contributed by atoms with Gasteiger partial charge in [0.1, 0.15) is 4.49 Å². The van der Waals surface area contributed by atoms with Crippen LogP contribution in [0.25, 0.3) is 0 Å². The number of aryl methyl sites for hydroxylation is 1. The lowest BCUT2D eigenvalue weighted by atomic mass is 10.1. The summed E-state index contributed by atoms with van der Waals surface area (Å²) >= 11 is 16.7. The van der Waals surface area contributed by atoms with Crippen molar-refractivity contribution in [3.63, 3.8) is 0 Å². The van der Waals surface area contributed by atoms with Gasteiger partial charge in [0.05, 0.1) is 11.1 Å². The maximum absolute atomic E-state index is 9.79. The van der Waals surface area contributed by atoms with Gasteiger partial charge >= 0.3 is 0 Å². The highest BCUT2D eigenvalue weighted by molar-refractivity contribution is 6.59. The molecule has 0 aliphatic carbocycles. The van der Waals surface area contributed by atoms with Crippen LogP contribution in [0, 0.1) is 6.92 Å². The highest BCUT2D eigenvalue weighted by Gasteiger charge is 2.10. The van der Waals surface area contributed by atoms with Gasteiger partial charge in [-0.3, -0.25) is 0 Å². The summed E-state index contributed by atoms with van der Waals surface area (Å²) in [6, 6.07) is 7.57. The van der Waals surface area contributed by atoms with Gasteiger partial charge in [0.15, 0.2) is 0 Å². The molecule has 1 atom stereocenters. The van der Waals surface area contributed by atoms with Crippen LogP contribution in [0.1, 0.15) is 23.7 Å². The Morgan fingerprint density at radius 3 is 2.20 bits per heavy atom. The first-order valence-corrected chi connectivity index (χ1v) is 5.58. The van der Waals surface area contributed by atoms with Crippen molar-refractivity contribution in [1.82, 2.24) is 0 Å². The maximum atomic E-state index is 9.79. The van der Waals surface area contributed by atoms with Crippen LogP contribution in [0.2, 0.25) is 0 Å². The molecular weight excluding hydrogens is 254 g/mol. The summed E-state index contributed by atoms with van der Waals surface area (Å²) in [5.74, 6) is 0. The molecule has 0 aliphatic rings. The summed E-state index contributed by atoms with van der Waals surface area (Å²) in [6.07, 6.45) is -0.446. The van der Waals surface area contributed by atoms with Crippen LogP contribution in [0.5, 0.6) is 0 Å². The maximum Gasteiger partial charge on any atom is 0.121 e. The Balaban J connectivity index is 2.73. The Hall–Kier alpha value is -0.210. The number of hydrogen-bond donors (Lipinski definition) is 1. The summed E-state index contributed by atoms with van der Waals surface area (Å²) in [7, 11) is 0. The van der Waals surface area contributed by atoms with Crippen molar-refractivity contribution in [1.29, 1.82) is 0 Å². The van der Waals surface area contributed by atoms with Gasteiger partial charge in [-0.1, -0.05) is 64.6 Å². The summed E-state index contributed by atoms with van der Waals surface area (Å²) < 4.78 is 0.00262. The molecule has 1 rings (SSSR count). The van der Waals surface area contributed by atoms with Gasteiger partial charge in [0.25, 0.3) is 0 Å². The van der Waals surface area contributed by atoms with E-state index in [1.807, 2.05) is 31.2 Å². The summed E-state index contributed by atoms with van der Waals surface area (Å²) in [4.78, 5) is 0. The number of rotatable bonds is 3. The molecule has 4 heteroatoms. The zero-order chi connectivity index (χ0) is 11.4. The van der Waals surface area contributed by atoms with E-state index in [1.165, 1.54) is 0 Å². The lowest BCUT2D eigenvalue weighted by molar-refractivity contribution is 0.180. The molecule has 0 heterocycles. The van der Waals surface area contributed by atoms with E-state index in [0.717, 1.165) is 11.1 Å². The first-order valence-electron chi connectivity index (χ1n) is 4.45. The molecule has 0 fully saturated rings. The average Bonchev–Trinajstić information content (AvgIpc) is 2.18. The van der Waals surface area contributed by atoms with Crippen molar-refractivity contribution in [3.05, 3.63) is 44.9 Å². The molecule has 15 heavy (non-hydrogen) atoms. The smallest absolute Gasteiger partial charge is 0.121 e. The number of halogens is 3. The van der Waals surface area contributed by atoms with Crippen LogP contribution in [-0.2, 0) is 0 Å². The summed E-state index contributed by atoms with van der Waals surface area (Å²) in [5, 5.41) is 10.1. The predicted molar refractivity (Wildman–Crippen MR) is 65.3 cm³/mol. The number of aliphatic hydroxyl groups excluding tert-OH is 1. The van der Waals surface area contributed by atoms with Crippen molar-refractivity contribution in [2.24, 2.45) is 0 Å². The molecule has 1 aromatic rings. The van der Waals surface area contributed by atoms with Crippen molar-refractivity contribution in [2.75, 3.05) is 0 Å². The molecule has 1 unspecified atom stereocenters. The first-order chi connectivity index (χ1) is 7.00. The van der Waals surface area contributed by atoms with E-state index >= 15 is 0 Å². The number of hydrogen-bond acceptors (Lipinski definition) is 1. The third kappa shape index (κ3) is 4.04. The molecule has 0 bridgehead atoms. The van der Waals surface area contributed by atoms with E-state index in [4.69, 9.17) is 34.8 Å². The minimum Gasteiger partial charge on any atom is -0.388 e. The monoisotopic (exact) mass is 264 g/mol. The van der Waals surface area contributed by atoms with Gasteiger partial charge < -0.3 is 5.11 Å². The van der Waals surface area contributed by atoms with Gasteiger partial charge in [-0.2, -0.15) is 0 Å². The Morgan fingerprint density at radius 1 is 1.20 bits per heavy atom. The second-order valence-corrected chi connectivity index (χ2v) is 4.70. The van der Waals surface area contributed by atoms with E-state index < -0.39 is 6.10 Å². The normalized spacial score (nSPS) is 12.3. The zero-order valence-corrected chi connectivity index (χ0v) is 10.4. The molecule has 0 aliphatic heterocycles. The largest absolute Gasteiger partial charge is 0.388 e. The summed E-state index contributed by atoms with van der Waals surface area (Å²) in [6.45, 7) is 1.98. The number of aliphatic hydroxyl groups is 1. The Kier molecular flexibility index (Phi) is 4.94. The topological polar surface area (TPSA) is 20.2 Å². The summed E-state index contributed by atoms with van der Waals surface area (Å²) in [5.41, 5.74) is 1.94. The third-order valence-electron chi connectivity index (χ3n) is 2.04. The third-order valence-corrected chi connectivity index (χ3v) is 3.03. The van der Waals surface area contributed by atoms with Gasteiger partial charge in [-0.15, -0.1) is 0 Å². The van der Waals surface area contributed by atoms with Gasteiger partial charge in [0, 0.05) is 6.42 Å². The molecule has 0 aromatic heterocycles. The molecule has 0 saturated carbocycles. The Morgan fingerprint density at radius 2 is 1.73 bits per heavy atom. The molecule has 82 valence electrons. The van der Waals surface area contributed by atoms with Crippen molar-refractivity contribution in [2.45, 2.75) is 19.4 Å². The SMILES string of the molecule is Cc1ccc(C(O)CC(Cl)=C(Cl)Cl)cc1. The predicted octanol–water partition coefficient (Wildman–Crippen LogP) is 4.30. The first kappa shape index (κ1) is 12.9. The van der Waals surface area contributed by atoms with E-state index in [9.17, 15) is 5.11 Å². The van der Waals surface area contributed by atoms with Crippen molar-refractivity contribution >= 4 is 34.8 Å². The zero-order valence-electron chi connectivity index (χ0n) is 8.17. The van der Waals surface area contributed by atoms with Gasteiger partial charge in [0.2, 0.25) is 0 Å². The molecule has 1 aromatic carbocycles. The Labute approximate surface area is 104 Å². The van der Waals surface area contributed by atoms with Crippen LogP contribution in [0.15, 0.2) is 33.8 Å². The molecule has 0 saturated heterocycles. The molecular formula is C11H11Cl3O. The lowest BCUT2D eigenvalue weighted by Gasteiger charge is -2.10. The molecule has 0 radical (unpaired) electrons. The highest BCUT2D eigenvalue weighted by atomic mass is 35.5. The molecule has 1 nitrogen and oxygen atoms in total. The van der Waals surface area contributed by atoms with Crippen molar-refractivity contribution < 1.29 is 5.11 Å². The van der Waals surface area contributed by atoms with Gasteiger partial charge in [-0.25, -0.2) is 0 Å². The van der Waals surface area contributed by atoms with E-state index in [-0.39, 0.29) is 15.9 Å². The fourth-order valence-corrected chi connectivity index (χ4v) is 1.45. The van der Waals surface area contributed by atoms with Crippen LogP contribution >= 0.6 is 34.8 Å². The molecule has 1 N–H and O–H groups in total. The standard InChI is InChI=1S/C11H11Cl3O/c1-7-2-4-8(5-3-7)10(15)6-9(12)11(13)14/h2-5,10,15H,6H2,1H3. The van der Waals surface area contributed by atoms with Crippen LogP contribution in [0.4, 0.5) is 0 Å². The minimum atomic E-state index is -0.675. The lowest BCUT2D eigenvalue weighted by Crippen LogP contribution is -1.97. The van der Waals surface area contributed by atoms with Crippen LogP contribution in [-0.4, -0.2) is 5.11 Å². The Bertz CT molecular complexity index is 353. The quantitative estimate of drug-likeness (QED) is 0.864. The molecule has 0 spiro atoms. The van der Waals surface area contributed by atoms with Crippen LogP contribution < -0.4 is 0 Å². The molecule has 0 amide bonds. The fourth-order valence-electron chi connectivity index (χ4n) is 1.15. The van der Waals surface area contributed by atoms with Crippen molar-refractivity contribution in [3.8, 4) is 0 Å². The fraction of sp³-hybridized carbons (Fsp3) is 0.273. The minimum absolute atomic E-state index is 0.00262. The highest BCUT2D eigenvalue weighted by Crippen LogP contribution is 2.28. The second kappa shape index (κ2) is 5.76.